The van der Waals surface area contributed by atoms with Crippen LogP contribution in [0.5, 0.6) is 5.75 Å². The van der Waals surface area contributed by atoms with Crippen LogP contribution in [0.3, 0.4) is 0 Å². The molecular weight excluding hydrogens is 344 g/mol. The van der Waals surface area contributed by atoms with E-state index in [0.29, 0.717) is 12.2 Å². The number of ketones is 1. The van der Waals surface area contributed by atoms with Crippen LogP contribution in [0.4, 0.5) is 0 Å². The summed E-state index contributed by atoms with van der Waals surface area (Å²) in [6, 6.07) is 31.6. The van der Waals surface area contributed by atoms with E-state index < -0.39 is 0 Å². The summed E-state index contributed by atoms with van der Waals surface area (Å²) in [5.41, 5.74) is 2.74. The molecule has 0 amide bonds. The quantitative estimate of drug-likeness (QED) is 0.296. The summed E-state index contributed by atoms with van der Waals surface area (Å²) in [6.45, 7) is 0.518. The van der Waals surface area contributed by atoms with Gasteiger partial charge in [-0.3, -0.25) is 4.79 Å². The van der Waals surface area contributed by atoms with E-state index in [0.717, 1.165) is 27.6 Å². The number of rotatable bonds is 6. The minimum absolute atomic E-state index is 0.0126. The van der Waals surface area contributed by atoms with Crippen molar-refractivity contribution in [3.63, 3.8) is 0 Å². The van der Waals surface area contributed by atoms with Gasteiger partial charge in [-0.1, -0.05) is 84.9 Å². The van der Waals surface area contributed by atoms with E-state index in [1.165, 1.54) is 0 Å². The van der Waals surface area contributed by atoms with Gasteiger partial charge < -0.3 is 4.74 Å². The summed E-state index contributed by atoms with van der Waals surface area (Å²) >= 11 is 0. The maximum atomic E-state index is 12.5. The van der Waals surface area contributed by atoms with Crippen molar-refractivity contribution in [2.24, 2.45) is 0 Å². The number of ether oxygens (including phenoxy) is 1. The second-order valence-corrected chi connectivity index (χ2v) is 6.61. The van der Waals surface area contributed by atoms with Crippen molar-refractivity contribution in [3.8, 4) is 5.75 Å². The Bertz CT molecular complexity index is 1130. The average Bonchev–Trinajstić information content (AvgIpc) is 2.77. The van der Waals surface area contributed by atoms with Crippen LogP contribution in [-0.4, -0.2) is 5.78 Å². The molecule has 0 aliphatic carbocycles. The topological polar surface area (TPSA) is 26.3 Å². The van der Waals surface area contributed by atoms with E-state index in [1.54, 1.807) is 6.08 Å². The van der Waals surface area contributed by atoms with Gasteiger partial charge in [0.25, 0.3) is 0 Å². The van der Waals surface area contributed by atoms with Crippen molar-refractivity contribution in [1.29, 1.82) is 0 Å². The zero-order valence-corrected chi connectivity index (χ0v) is 15.4. The Balaban J connectivity index is 1.45. The molecular formula is C26H20O2. The van der Waals surface area contributed by atoms with Gasteiger partial charge in [-0.05, 0) is 46.2 Å². The summed E-state index contributed by atoms with van der Waals surface area (Å²) in [4.78, 5) is 12.5. The number of hydrogen-bond acceptors (Lipinski definition) is 2. The Hall–Kier alpha value is -3.65. The molecule has 0 spiro atoms. The number of benzene rings is 4. The lowest BCUT2D eigenvalue weighted by Gasteiger charge is -2.07. The fraction of sp³-hybridized carbons (Fsp3) is 0.0385. The molecule has 0 saturated carbocycles. The maximum absolute atomic E-state index is 12.5. The fourth-order valence-electron chi connectivity index (χ4n) is 3.06. The number of carbonyl (C=O) groups excluding carboxylic acids is 1. The van der Waals surface area contributed by atoms with Gasteiger partial charge in [0.15, 0.2) is 5.78 Å². The minimum Gasteiger partial charge on any atom is -0.489 e. The highest BCUT2D eigenvalue weighted by atomic mass is 16.5. The van der Waals surface area contributed by atoms with Crippen molar-refractivity contribution < 1.29 is 9.53 Å². The normalized spacial score (nSPS) is 11.0. The van der Waals surface area contributed by atoms with Crippen molar-refractivity contribution >= 4 is 22.6 Å². The number of fused-ring (bicyclic) bond motifs is 1. The van der Waals surface area contributed by atoms with Crippen LogP contribution in [-0.2, 0) is 6.61 Å². The van der Waals surface area contributed by atoms with Gasteiger partial charge in [-0.25, -0.2) is 0 Å². The molecule has 0 atom stereocenters. The first kappa shape index (κ1) is 17.7. The zero-order valence-electron chi connectivity index (χ0n) is 15.4. The molecule has 0 fully saturated rings. The van der Waals surface area contributed by atoms with Gasteiger partial charge in [0.1, 0.15) is 12.4 Å². The number of carbonyl (C=O) groups is 1. The molecule has 0 heterocycles. The molecule has 28 heavy (non-hydrogen) atoms. The largest absolute Gasteiger partial charge is 0.489 e. The van der Waals surface area contributed by atoms with Crippen LogP contribution >= 0.6 is 0 Å². The summed E-state index contributed by atoms with van der Waals surface area (Å²) < 4.78 is 5.85. The highest BCUT2D eigenvalue weighted by molar-refractivity contribution is 6.08. The van der Waals surface area contributed by atoms with E-state index in [1.807, 2.05) is 103 Å². The van der Waals surface area contributed by atoms with Crippen LogP contribution in [0.25, 0.3) is 16.8 Å². The second kappa shape index (κ2) is 8.36. The highest BCUT2D eigenvalue weighted by Gasteiger charge is 2.03. The van der Waals surface area contributed by atoms with Crippen LogP contribution in [0.15, 0.2) is 103 Å². The number of hydrogen-bond donors (Lipinski definition) is 0. The third kappa shape index (κ3) is 4.36. The molecule has 0 bridgehead atoms. The fourth-order valence-corrected chi connectivity index (χ4v) is 3.06. The summed E-state index contributed by atoms with van der Waals surface area (Å²) in [6.07, 6.45) is 3.44. The number of allylic oxidation sites excluding steroid dienone is 1. The summed E-state index contributed by atoms with van der Waals surface area (Å²) in [5.74, 6) is 0.769. The first-order valence-electron chi connectivity index (χ1n) is 9.26. The van der Waals surface area contributed by atoms with Crippen molar-refractivity contribution in [3.05, 3.63) is 120 Å². The molecule has 0 unspecified atom stereocenters. The molecule has 0 radical (unpaired) electrons. The van der Waals surface area contributed by atoms with Gasteiger partial charge in [0.05, 0.1) is 0 Å². The van der Waals surface area contributed by atoms with Crippen molar-refractivity contribution in [2.45, 2.75) is 6.61 Å². The molecule has 0 aliphatic rings. The Morgan fingerprint density at radius 3 is 2.39 bits per heavy atom. The van der Waals surface area contributed by atoms with Crippen molar-refractivity contribution in [1.82, 2.24) is 0 Å². The van der Waals surface area contributed by atoms with E-state index in [-0.39, 0.29) is 5.78 Å². The van der Waals surface area contributed by atoms with E-state index in [2.05, 4.69) is 0 Å². The van der Waals surface area contributed by atoms with Gasteiger partial charge in [0.2, 0.25) is 0 Å². The van der Waals surface area contributed by atoms with Gasteiger partial charge in [-0.2, -0.15) is 0 Å². The molecule has 0 saturated heterocycles. The van der Waals surface area contributed by atoms with E-state index in [4.69, 9.17) is 4.74 Å². The minimum atomic E-state index is -0.0126. The predicted molar refractivity (Wildman–Crippen MR) is 115 cm³/mol. The Morgan fingerprint density at radius 2 is 1.54 bits per heavy atom. The average molecular weight is 364 g/mol. The van der Waals surface area contributed by atoms with Gasteiger partial charge >= 0.3 is 0 Å². The molecule has 2 nitrogen and oxygen atoms in total. The monoisotopic (exact) mass is 364 g/mol. The molecule has 0 aromatic heterocycles. The van der Waals surface area contributed by atoms with Crippen molar-refractivity contribution in [2.75, 3.05) is 0 Å². The van der Waals surface area contributed by atoms with E-state index in [9.17, 15) is 4.79 Å². The molecule has 0 N–H and O–H groups in total. The van der Waals surface area contributed by atoms with Gasteiger partial charge in [0, 0.05) is 5.56 Å². The predicted octanol–water partition coefficient (Wildman–Crippen LogP) is 6.31. The second-order valence-electron chi connectivity index (χ2n) is 6.61. The summed E-state index contributed by atoms with van der Waals surface area (Å²) in [7, 11) is 0. The van der Waals surface area contributed by atoms with Gasteiger partial charge in [-0.15, -0.1) is 0 Å². The third-order valence-electron chi connectivity index (χ3n) is 4.57. The lowest BCUT2D eigenvalue weighted by Crippen LogP contribution is -1.95. The lowest BCUT2D eigenvalue weighted by molar-refractivity contribution is 0.104. The Kier molecular flexibility index (Phi) is 5.30. The molecule has 2 heteroatoms. The Labute approximate surface area is 164 Å². The molecule has 4 rings (SSSR count). The highest BCUT2D eigenvalue weighted by Crippen LogP contribution is 2.18. The zero-order chi connectivity index (χ0) is 19.2. The molecule has 4 aromatic rings. The lowest BCUT2D eigenvalue weighted by atomic mass is 10.0. The molecule has 4 aromatic carbocycles. The summed E-state index contributed by atoms with van der Waals surface area (Å²) in [5, 5.41) is 2.20. The SMILES string of the molecule is O=C(C=Cc1cccc(OCc2ccccc2)c1)c1ccc2ccccc2c1. The first-order valence-corrected chi connectivity index (χ1v) is 9.26. The van der Waals surface area contributed by atoms with E-state index >= 15 is 0 Å². The third-order valence-corrected chi connectivity index (χ3v) is 4.57. The maximum Gasteiger partial charge on any atom is 0.185 e. The molecule has 0 aliphatic heterocycles. The van der Waals surface area contributed by atoms with Crippen LogP contribution in [0, 0.1) is 0 Å². The molecule has 136 valence electrons. The smallest absolute Gasteiger partial charge is 0.185 e. The first-order chi connectivity index (χ1) is 13.8. The standard InChI is InChI=1S/C26H20O2/c27-26(24-15-14-22-10-4-5-11-23(22)18-24)16-13-20-9-6-12-25(17-20)28-19-21-7-2-1-3-8-21/h1-18H,19H2. The van der Waals surface area contributed by atoms with Crippen LogP contribution < -0.4 is 4.74 Å². The Morgan fingerprint density at radius 1 is 0.750 bits per heavy atom. The van der Waals surface area contributed by atoms with Crippen LogP contribution in [0.1, 0.15) is 21.5 Å². The van der Waals surface area contributed by atoms with Crippen LogP contribution in [0.2, 0.25) is 0 Å².